The molecule has 0 aliphatic carbocycles. The smallest absolute Gasteiger partial charge is 0.162 e. The fraction of sp³-hybridized carbons (Fsp3) is 0.500. The summed E-state index contributed by atoms with van der Waals surface area (Å²) in [5.74, 6) is 1.66. The van der Waals surface area contributed by atoms with E-state index in [0.717, 1.165) is 5.69 Å². The van der Waals surface area contributed by atoms with E-state index in [-0.39, 0.29) is 11.3 Å². The van der Waals surface area contributed by atoms with Crippen molar-refractivity contribution in [3.05, 3.63) is 18.2 Å². The average molecular weight is 249 g/mol. The van der Waals surface area contributed by atoms with Crippen molar-refractivity contribution >= 4 is 11.5 Å². The number of rotatable bonds is 3. The third-order valence-electron chi connectivity index (χ3n) is 3.37. The molecule has 1 saturated heterocycles. The Morgan fingerprint density at radius 3 is 2.33 bits per heavy atom. The van der Waals surface area contributed by atoms with Gasteiger partial charge in [0.05, 0.1) is 20.8 Å². The quantitative estimate of drug-likeness (QED) is 0.823. The number of anilines is 1. The first-order valence-electron chi connectivity index (χ1n) is 5.99. The zero-order chi connectivity index (χ0) is 13.3. The molecule has 1 aliphatic heterocycles. The maximum absolute atomic E-state index is 11.6. The van der Waals surface area contributed by atoms with Gasteiger partial charge in [-0.2, -0.15) is 0 Å². The zero-order valence-electron chi connectivity index (χ0n) is 11.3. The van der Waals surface area contributed by atoms with Crippen LogP contribution in [0.5, 0.6) is 11.5 Å². The molecule has 18 heavy (non-hydrogen) atoms. The first kappa shape index (κ1) is 12.7. The summed E-state index contributed by atoms with van der Waals surface area (Å²) >= 11 is 0. The molecule has 0 aromatic heterocycles. The maximum Gasteiger partial charge on any atom is 0.162 e. The molecule has 1 aromatic carbocycles. The summed E-state index contributed by atoms with van der Waals surface area (Å²) in [4.78, 5) is 13.7. The van der Waals surface area contributed by atoms with Crippen LogP contribution in [0.15, 0.2) is 18.2 Å². The fourth-order valence-electron chi connectivity index (χ4n) is 2.46. The van der Waals surface area contributed by atoms with E-state index < -0.39 is 0 Å². The van der Waals surface area contributed by atoms with Crippen molar-refractivity contribution in [3.8, 4) is 11.5 Å². The van der Waals surface area contributed by atoms with Gasteiger partial charge >= 0.3 is 0 Å². The van der Waals surface area contributed by atoms with Crippen LogP contribution in [0.1, 0.15) is 20.3 Å². The third kappa shape index (κ3) is 2.15. The van der Waals surface area contributed by atoms with Gasteiger partial charge in [0.15, 0.2) is 17.3 Å². The van der Waals surface area contributed by atoms with Crippen molar-refractivity contribution in [2.75, 3.05) is 25.7 Å². The SMILES string of the molecule is COc1ccc(N2CC(=O)CC2(C)C)cc1OC. The summed E-state index contributed by atoms with van der Waals surface area (Å²) in [7, 11) is 3.22. The number of Topliss-reactive ketones (excluding diaryl/α,β-unsaturated/α-hetero) is 1. The van der Waals surface area contributed by atoms with Gasteiger partial charge in [-0.15, -0.1) is 0 Å². The molecule has 2 rings (SSSR count). The summed E-state index contributed by atoms with van der Waals surface area (Å²) in [6, 6.07) is 5.74. The van der Waals surface area contributed by atoms with E-state index in [2.05, 4.69) is 18.7 Å². The van der Waals surface area contributed by atoms with E-state index in [0.29, 0.717) is 24.5 Å². The normalized spacial score (nSPS) is 18.0. The Hall–Kier alpha value is -1.71. The Balaban J connectivity index is 2.37. The number of ketones is 1. The predicted molar refractivity (Wildman–Crippen MR) is 70.6 cm³/mol. The number of ether oxygens (including phenoxy) is 2. The van der Waals surface area contributed by atoms with E-state index in [9.17, 15) is 4.79 Å². The second kappa shape index (κ2) is 4.52. The number of carbonyl (C=O) groups excluding carboxylic acids is 1. The van der Waals surface area contributed by atoms with Crippen molar-refractivity contribution in [3.63, 3.8) is 0 Å². The van der Waals surface area contributed by atoms with Crippen molar-refractivity contribution in [1.82, 2.24) is 0 Å². The van der Waals surface area contributed by atoms with Crippen molar-refractivity contribution < 1.29 is 14.3 Å². The molecule has 0 radical (unpaired) electrons. The van der Waals surface area contributed by atoms with Crippen LogP contribution in [-0.4, -0.2) is 32.1 Å². The molecule has 0 amide bonds. The molecule has 0 spiro atoms. The summed E-state index contributed by atoms with van der Waals surface area (Å²) in [6.07, 6.45) is 0.585. The molecule has 0 unspecified atom stereocenters. The molecule has 1 fully saturated rings. The maximum atomic E-state index is 11.6. The molecule has 1 aromatic rings. The topological polar surface area (TPSA) is 38.8 Å². The molecule has 0 bridgehead atoms. The highest BCUT2D eigenvalue weighted by Gasteiger charge is 2.37. The first-order valence-corrected chi connectivity index (χ1v) is 5.99. The van der Waals surface area contributed by atoms with E-state index in [1.165, 1.54) is 0 Å². The zero-order valence-corrected chi connectivity index (χ0v) is 11.3. The van der Waals surface area contributed by atoms with Gasteiger partial charge in [0.25, 0.3) is 0 Å². The number of carbonyl (C=O) groups is 1. The highest BCUT2D eigenvalue weighted by molar-refractivity contribution is 5.89. The van der Waals surface area contributed by atoms with E-state index in [1.807, 2.05) is 18.2 Å². The van der Waals surface area contributed by atoms with Gasteiger partial charge in [0.2, 0.25) is 0 Å². The fourth-order valence-corrected chi connectivity index (χ4v) is 2.46. The van der Waals surface area contributed by atoms with Crippen molar-refractivity contribution in [2.45, 2.75) is 25.8 Å². The average Bonchev–Trinajstić information content (AvgIpc) is 2.61. The Bertz CT molecular complexity index is 468. The molecule has 0 atom stereocenters. The lowest BCUT2D eigenvalue weighted by molar-refractivity contribution is -0.116. The van der Waals surface area contributed by atoms with Crippen molar-refractivity contribution in [2.24, 2.45) is 0 Å². The van der Waals surface area contributed by atoms with E-state index in [1.54, 1.807) is 14.2 Å². The van der Waals surface area contributed by atoms with Gasteiger partial charge in [0, 0.05) is 23.7 Å². The van der Waals surface area contributed by atoms with Crippen LogP contribution in [0, 0.1) is 0 Å². The molecule has 1 aliphatic rings. The lowest BCUT2D eigenvalue weighted by atomic mass is 10.0. The van der Waals surface area contributed by atoms with Crippen LogP contribution < -0.4 is 14.4 Å². The third-order valence-corrected chi connectivity index (χ3v) is 3.37. The highest BCUT2D eigenvalue weighted by atomic mass is 16.5. The summed E-state index contributed by atoms with van der Waals surface area (Å²) in [5.41, 5.74) is 0.847. The molecule has 4 nitrogen and oxygen atoms in total. The Morgan fingerprint density at radius 1 is 1.17 bits per heavy atom. The standard InChI is InChI=1S/C14H19NO3/c1-14(2)8-11(16)9-15(14)10-5-6-12(17-3)13(7-10)18-4/h5-7H,8-9H2,1-4H3. The number of benzene rings is 1. The van der Waals surface area contributed by atoms with Crippen LogP contribution >= 0.6 is 0 Å². The molecular weight excluding hydrogens is 230 g/mol. The molecule has 98 valence electrons. The Kier molecular flexibility index (Phi) is 3.20. The number of nitrogens with zero attached hydrogens (tertiary/aromatic N) is 1. The number of hydrogen-bond acceptors (Lipinski definition) is 4. The van der Waals surface area contributed by atoms with Crippen LogP contribution in [0.4, 0.5) is 5.69 Å². The van der Waals surface area contributed by atoms with Crippen molar-refractivity contribution in [1.29, 1.82) is 0 Å². The Morgan fingerprint density at radius 2 is 1.83 bits per heavy atom. The minimum atomic E-state index is -0.142. The lowest BCUT2D eigenvalue weighted by Gasteiger charge is -2.33. The van der Waals surface area contributed by atoms with Gasteiger partial charge in [-0.05, 0) is 26.0 Å². The minimum Gasteiger partial charge on any atom is -0.493 e. The van der Waals surface area contributed by atoms with Gasteiger partial charge in [-0.25, -0.2) is 0 Å². The van der Waals surface area contributed by atoms with Crippen LogP contribution in [0.3, 0.4) is 0 Å². The number of hydrogen-bond donors (Lipinski definition) is 0. The number of methoxy groups -OCH3 is 2. The molecule has 4 heteroatoms. The predicted octanol–water partition coefficient (Wildman–Crippen LogP) is 2.26. The summed E-state index contributed by atoms with van der Waals surface area (Å²) in [6.45, 7) is 4.62. The molecule has 0 N–H and O–H groups in total. The summed E-state index contributed by atoms with van der Waals surface area (Å²) in [5, 5.41) is 0. The van der Waals surface area contributed by atoms with Crippen LogP contribution in [0.2, 0.25) is 0 Å². The monoisotopic (exact) mass is 249 g/mol. The van der Waals surface area contributed by atoms with E-state index in [4.69, 9.17) is 9.47 Å². The van der Waals surface area contributed by atoms with Crippen LogP contribution in [-0.2, 0) is 4.79 Å². The van der Waals surface area contributed by atoms with Gasteiger partial charge in [-0.1, -0.05) is 0 Å². The molecule has 0 saturated carbocycles. The van der Waals surface area contributed by atoms with Gasteiger partial charge in [0.1, 0.15) is 0 Å². The second-order valence-electron chi connectivity index (χ2n) is 5.15. The second-order valence-corrected chi connectivity index (χ2v) is 5.15. The van der Waals surface area contributed by atoms with Crippen LogP contribution in [0.25, 0.3) is 0 Å². The lowest BCUT2D eigenvalue weighted by Crippen LogP contribution is -2.38. The molecule has 1 heterocycles. The largest absolute Gasteiger partial charge is 0.493 e. The minimum absolute atomic E-state index is 0.142. The Labute approximate surface area is 107 Å². The molecular formula is C14H19NO3. The summed E-state index contributed by atoms with van der Waals surface area (Å²) < 4.78 is 10.5. The first-order chi connectivity index (χ1) is 8.47. The van der Waals surface area contributed by atoms with Gasteiger partial charge in [-0.3, -0.25) is 4.79 Å². The van der Waals surface area contributed by atoms with E-state index >= 15 is 0 Å². The van der Waals surface area contributed by atoms with Gasteiger partial charge < -0.3 is 14.4 Å². The highest BCUT2D eigenvalue weighted by Crippen LogP contribution is 2.37.